The van der Waals surface area contributed by atoms with Crippen molar-refractivity contribution in [3.63, 3.8) is 0 Å². The van der Waals surface area contributed by atoms with Crippen molar-refractivity contribution in [2.24, 2.45) is 0 Å². The summed E-state index contributed by atoms with van der Waals surface area (Å²) in [6.45, 7) is 2.29. The Labute approximate surface area is 359 Å². The molecular weight excluding hydrogens is 767 g/mol. The molecule has 1 unspecified atom stereocenters. The Kier molecular flexibility index (Phi) is 42.0. The van der Waals surface area contributed by atoms with E-state index < -0.39 is 51.8 Å². The first-order chi connectivity index (χ1) is 28.7. The van der Waals surface area contributed by atoms with Gasteiger partial charge in [0, 0.05) is 12.8 Å². The van der Waals surface area contributed by atoms with Gasteiger partial charge in [-0.3, -0.25) is 18.6 Å². The summed E-state index contributed by atoms with van der Waals surface area (Å²) in [4.78, 5) is 35.0. The molecule has 0 aliphatic carbocycles. The number of allylic oxidation sites excluding steroid dienone is 10. The number of rotatable bonds is 43. The van der Waals surface area contributed by atoms with Crippen molar-refractivity contribution >= 4 is 19.8 Å². The number of carbonyl (C=O) groups is 2. The van der Waals surface area contributed by atoms with Gasteiger partial charge in [-0.2, -0.15) is 0 Å². The first-order valence-corrected chi connectivity index (χ1v) is 24.7. The minimum atomic E-state index is -4.64. The van der Waals surface area contributed by atoms with E-state index in [4.69, 9.17) is 19.1 Å². The predicted molar refractivity (Wildman–Crippen MR) is 242 cm³/mol. The summed E-state index contributed by atoms with van der Waals surface area (Å²) in [5, 5.41) is 18.4. The third-order valence-corrected chi connectivity index (χ3v) is 10.6. The Hall–Kier alpha value is -2.33. The molecule has 3 atom stereocenters. The zero-order valence-corrected chi connectivity index (χ0v) is 38.1. The van der Waals surface area contributed by atoms with E-state index in [9.17, 15) is 24.2 Å². The number of hydrogen-bond acceptors (Lipinski definition) is 9. The number of aliphatic hydroxyl groups is 2. The van der Waals surface area contributed by atoms with Crippen LogP contribution in [0.2, 0.25) is 0 Å². The summed E-state index contributed by atoms with van der Waals surface area (Å²) in [7, 11) is -4.64. The molecule has 0 spiro atoms. The fourth-order valence-electron chi connectivity index (χ4n) is 6.04. The van der Waals surface area contributed by atoms with Crippen molar-refractivity contribution in [2.45, 2.75) is 206 Å². The van der Waals surface area contributed by atoms with Crippen LogP contribution in [0.15, 0.2) is 60.8 Å². The van der Waals surface area contributed by atoms with Crippen LogP contribution >= 0.6 is 7.82 Å². The lowest BCUT2D eigenvalue weighted by atomic mass is 10.1. The van der Waals surface area contributed by atoms with Crippen molar-refractivity contribution in [3.8, 4) is 0 Å². The van der Waals surface area contributed by atoms with E-state index >= 15 is 0 Å². The average Bonchev–Trinajstić information content (AvgIpc) is 3.22. The maximum atomic E-state index is 12.6. The minimum absolute atomic E-state index is 0.106. The highest BCUT2D eigenvalue weighted by Gasteiger charge is 2.27. The monoisotopic (exact) mass is 853 g/mol. The Balaban J connectivity index is 4.33. The number of phosphoric ester groups is 1. The standard InChI is InChI=1S/C48H85O10P/c1-3-5-7-9-11-13-15-17-19-21-22-24-25-27-29-31-33-35-37-39-47(51)55-43-46(44-57-59(53,54)56-42-45(50)41-49)58-48(52)40-38-36-34-32-30-28-26-23-20-18-16-14-12-10-8-6-4-2/h12,14,17-20,26,28,32,34,45-46,49-50H,3-11,13,15-16,21-25,27,29-31,33,35-44H2,1-2H3,(H,53,54)/b14-12+,19-17+,20-18+,28-26+,34-32+/t45-,46+/m0/s1. The van der Waals surface area contributed by atoms with Gasteiger partial charge in [0.1, 0.15) is 12.7 Å². The van der Waals surface area contributed by atoms with Crippen molar-refractivity contribution in [3.05, 3.63) is 60.8 Å². The molecule has 0 amide bonds. The summed E-state index contributed by atoms with van der Waals surface area (Å²) in [6.07, 6.45) is 49.1. The lowest BCUT2D eigenvalue weighted by Gasteiger charge is -2.20. The minimum Gasteiger partial charge on any atom is -0.462 e. The number of aliphatic hydroxyl groups excluding tert-OH is 2. The second-order valence-electron chi connectivity index (χ2n) is 15.4. The molecule has 0 aromatic heterocycles. The van der Waals surface area contributed by atoms with Crippen LogP contribution in [0.5, 0.6) is 0 Å². The summed E-state index contributed by atoms with van der Waals surface area (Å²) in [5.74, 6) is -0.993. The van der Waals surface area contributed by atoms with Crippen LogP contribution in [-0.4, -0.2) is 65.7 Å². The predicted octanol–water partition coefficient (Wildman–Crippen LogP) is 12.7. The molecule has 0 radical (unpaired) electrons. The molecule has 0 bridgehead atoms. The van der Waals surface area contributed by atoms with Crippen LogP contribution in [0.3, 0.4) is 0 Å². The number of phosphoric acid groups is 1. The Morgan fingerprint density at radius 2 is 0.898 bits per heavy atom. The number of carbonyl (C=O) groups excluding carboxylic acids is 2. The van der Waals surface area contributed by atoms with E-state index in [2.05, 4.69) is 67.0 Å². The maximum Gasteiger partial charge on any atom is 0.472 e. The van der Waals surface area contributed by atoms with Gasteiger partial charge < -0.3 is 24.6 Å². The van der Waals surface area contributed by atoms with Crippen molar-refractivity contribution in [1.29, 1.82) is 0 Å². The van der Waals surface area contributed by atoms with Gasteiger partial charge in [0.15, 0.2) is 6.10 Å². The normalized spacial score (nSPS) is 14.3. The van der Waals surface area contributed by atoms with Gasteiger partial charge in [0.05, 0.1) is 19.8 Å². The summed E-state index contributed by atoms with van der Waals surface area (Å²) < 4.78 is 32.7. The molecular formula is C48H85O10P. The summed E-state index contributed by atoms with van der Waals surface area (Å²) in [5.41, 5.74) is 0. The van der Waals surface area contributed by atoms with Crippen LogP contribution in [0.4, 0.5) is 0 Å². The highest BCUT2D eigenvalue weighted by atomic mass is 31.2. The van der Waals surface area contributed by atoms with Crippen LogP contribution in [0.1, 0.15) is 194 Å². The SMILES string of the molecule is CCCCC/C=C/C/C=C/C/C=C/C/C=C/CCCC(=O)O[C@H](COC(=O)CCCCCCCCCCC/C=C/CCCCCCCC)COP(=O)(O)OC[C@@H](O)CO. The topological polar surface area (TPSA) is 149 Å². The van der Waals surface area contributed by atoms with E-state index in [-0.39, 0.29) is 19.4 Å². The van der Waals surface area contributed by atoms with Crippen LogP contribution in [-0.2, 0) is 32.7 Å². The van der Waals surface area contributed by atoms with Crippen molar-refractivity contribution < 1.29 is 47.8 Å². The molecule has 0 heterocycles. The van der Waals surface area contributed by atoms with Gasteiger partial charge in [0.25, 0.3) is 0 Å². The number of unbranched alkanes of at least 4 members (excludes halogenated alkanes) is 19. The Morgan fingerprint density at radius 3 is 1.42 bits per heavy atom. The second kappa shape index (κ2) is 43.7. The van der Waals surface area contributed by atoms with E-state index in [0.29, 0.717) is 19.3 Å². The number of ether oxygens (including phenoxy) is 2. The van der Waals surface area contributed by atoms with Crippen LogP contribution in [0.25, 0.3) is 0 Å². The van der Waals surface area contributed by atoms with Gasteiger partial charge in [-0.25, -0.2) is 4.57 Å². The number of esters is 2. The highest BCUT2D eigenvalue weighted by molar-refractivity contribution is 7.47. The van der Waals surface area contributed by atoms with E-state index in [0.717, 1.165) is 44.9 Å². The van der Waals surface area contributed by atoms with E-state index in [1.807, 2.05) is 12.2 Å². The molecule has 10 nitrogen and oxygen atoms in total. The van der Waals surface area contributed by atoms with Crippen molar-refractivity contribution in [1.82, 2.24) is 0 Å². The van der Waals surface area contributed by atoms with Gasteiger partial charge in [-0.05, 0) is 77.0 Å². The fourth-order valence-corrected chi connectivity index (χ4v) is 6.83. The fraction of sp³-hybridized carbons (Fsp3) is 0.750. The Morgan fingerprint density at radius 1 is 0.508 bits per heavy atom. The first kappa shape index (κ1) is 56.7. The molecule has 0 rings (SSSR count). The molecule has 0 saturated heterocycles. The maximum absolute atomic E-state index is 12.6. The molecule has 0 aromatic rings. The molecule has 0 aliphatic rings. The molecule has 0 aliphatic heterocycles. The van der Waals surface area contributed by atoms with Crippen LogP contribution < -0.4 is 0 Å². The summed E-state index contributed by atoms with van der Waals surface area (Å²) in [6, 6.07) is 0. The molecule has 342 valence electrons. The largest absolute Gasteiger partial charge is 0.472 e. The van der Waals surface area contributed by atoms with Gasteiger partial charge >= 0.3 is 19.8 Å². The molecule has 0 aromatic carbocycles. The lowest BCUT2D eigenvalue weighted by Crippen LogP contribution is -2.29. The molecule has 0 fully saturated rings. The molecule has 11 heteroatoms. The smallest absolute Gasteiger partial charge is 0.462 e. The Bertz CT molecular complexity index is 1160. The molecule has 59 heavy (non-hydrogen) atoms. The molecule has 0 saturated carbocycles. The zero-order valence-electron chi connectivity index (χ0n) is 37.2. The molecule has 3 N–H and O–H groups in total. The average molecular weight is 853 g/mol. The van der Waals surface area contributed by atoms with Crippen molar-refractivity contribution in [2.75, 3.05) is 26.4 Å². The number of hydrogen-bond donors (Lipinski definition) is 3. The zero-order chi connectivity index (χ0) is 43.3. The van der Waals surface area contributed by atoms with Gasteiger partial charge in [-0.15, -0.1) is 0 Å². The van der Waals surface area contributed by atoms with E-state index in [1.54, 1.807) is 0 Å². The third kappa shape index (κ3) is 43.6. The highest BCUT2D eigenvalue weighted by Crippen LogP contribution is 2.43. The first-order valence-electron chi connectivity index (χ1n) is 23.2. The van der Waals surface area contributed by atoms with E-state index in [1.165, 1.54) is 103 Å². The third-order valence-electron chi connectivity index (χ3n) is 9.64. The quantitative estimate of drug-likeness (QED) is 0.0234. The lowest BCUT2D eigenvalue weighted by molar-refractivity contribution is -0.161. The van der Waals surface area contributed by atoms with Gasteiger partial charge in [0.2, 0.25) is 0 Å². The van der Waals surface area contributed by atoms with Gasteiger partial charge in [-0.1, -0.05) is 164 Å². The van der Waals surface area contributed by atoms with Crippen LogP contribution in [0, 0.1) is 0 Å². The second-order valence-corrected chi connectivity index (χ2v) is 16.9. The summed E-state index contributed by atoms with van der Waals surface area (Å²) >= 11 is 0.